The third-order valence-corrected chi connectivity index (χ3v) is 4.95. The van der Waals surface area contributed by atoms with Gasteiger partial charge in [-0.25, -0.2) is 0 Å². The van der Waals surface area contributed by atoms with Gasteiger partial charge in [0.25, 0.3) is 0 Å². The van der Waals surface area contributed by atoms with Crippen LogP contribution in [0.2, 0.25) is 0 Å². The largest absolute Gasteiger partial charge is 0.493 e. The Morgan fingerprint density at radius 1 is 0.844 bits per heavy atom. The monoisotopic (exact) mass is 438 g/mol. The van der Waals surface area contributed by atoms with Crippen molar-refractivity contribution in [3.05, 3.63) is 71.8 Å². The van der Waals surface area contributed by atoms with E-state index in [-0.39, 0.29) is 18.8 Å². The van der Waals surface area contributed by atoms with Crippen molar-refractivity contribution in [1.29, 1.82) is 0 Å². The van der Waals surface area contributed by atoms with Gasteiger partial charge in [0.05, 0.1) is 28.4 Å². The number of aliphatic hydroxyl groups excluding tert-OH is 1. The van der Waals surface area contributed by atoms with Crippen molar-refractivity contribution in [3.8, 4) is 23.0 Å². The van der Waals surface area contributed by atoms with Crippen LogP contribution in [0.1, 0.15) is 17.5 Å². The summed E-state index contributed by atoms with van der Waals surface area (Å²) in [5.41, 5.74) is 2.28. The Morgan fingerprint density at radius 2 is 1.31 bits per heavy atom. The van der Waals surface area contributed by atoms with Gasteiger partial charge in [-0.2, -0.15) is 0 Å². The molecule has 0 saturated carbocycles. The van der Waals surface area contributed by atoms with Crippen LogP contribution < -0.4 is 18.9 Å². The first kappa shape index (κ1) is 24.8. The van der Waals surface area contributed by atoms with Crippen LogP contribution in [0.4, 0.5) is 0 Å². The molecule has 0 heterocycles. The summed E-state index contributed by atoms with van der Waals surface area (Å²) in [6.07, 6.45) is 7.12. The third-order valence-electron chi connectivity index (χ3n) is 4.95. The van der Waals surface area contributed by atoms with Crippen LogP contribution in [-0.2, 0) is 4.79 Å². The van der Waals surface area contributed by atoms with Gasteiger partial charge in [0.1, 0.15) is 0 Å². The molecule has 2 aromatic carbocycles. The molecule has 0 aliphatic rings. The minimum absolute atomic E-state index is 0.121. The molecule has 0 amide bonds. The van der Waals surface area contributed by atoms with Crippen LogP contribution >= 0.6 is 0 Å². The van der Waals surface area contributed by atoms with Crippen LogP contribution in [-0.4, -0.2) is 45.9 Å². The number of carbonyl (C=O) groups is 1. The number of rotatable bonds is 12. The Hall–Kier alpha value is -3.51. The van der Waals surface area contributed by atoms with E-state index < -0.39 is 5.92 Å². The molecule has 32 heavy (non-hydrogen) atoms. The standard InChI is InChI=1S/C26H30O6/c1-18(6-7-19-9-12-23(29-2)25(16-19)31-4)21(14-15-27)22(28)11-8-20-10-13-24(30-3)26(17-20)32-5/h6-13,16-17,21,27H,1,14-15H2,2-5H3/b7-6+,11-8+. The number of ether oxygens (including phenoxy) is 4. The highest BCUT2D eigenvalue weighted by Crippen LogP contribution is 2.29. The van der Waals surface area contributed by atoms with Crippen LogP contribution in [0.3, 0.4) is 0 Å². The summed E-state index contributed by atoms with van der Waals surface area (Å²) in [4.78, 5) is 12.8. The van der Waals surface area contributed by atoms with Crippen molar-refractivity contribution in [2.24, 2.45) is 5.92 Å². The molecule has 0 radical (unpaired) electrons. The van der Waals surface area contributed by atoms with Gasteiger partial charge in [-0.3, -0.25) is 4.79 Å². The van der Waals surface area contributed by atoms with E-state index in [0.29, 0.717) is 28.6 Å². The Labute approximate surface area is 189 Å². The zero-order valence-corrected chi connectivity index (χ0v) is 19.0. The van der Waals surface area contributed by atoms with Crippen molar-refractivity contribution in [2.45, 2.75) is 6.42 Å². The average Bonchev–Trinajstić information content (AvgIpc) is 2.83. The number of benzene rings is 2. The van der Waals surface area contributed by atoms with Gasteiger partial charge in [0.2, 0.25) is 0 Å². The van der Waals surface area contributed by atoms with Crippen molar-refractivity contribution in [2.75, 3.05) is 35.0 Å². The number of hydrogen-bond donors (Lipinski definition) is 1. The maximum atomic E-state index is 12.8. The second kappa shape index (κ2) is 12.4. The van der Waals surface area contributed by atoms with Crippen molar-refractivity contribution >= 4 is 17.9 Å². The normalized spacial score (nSPS) is 12.0. The van der Waals surface area contributed by atoms with Gasteiger partial charge in [-0.1, -0.05) is 36.9 Å². The highest BCUT2D eigenvalue weighted by Gasteiger charge is 2.17. The molecule has 0 aliphatic carbocycles. The summed E-state index contributed by atoms with van der Waals surface area (Å²) in [7, 11) is 6.28. The van der Waals surface area contributed by atoms with Crippen molar-refractivity contribution in [1.82, 2.24) is 0 Å². The van der Waals surface area contributed by atoms with Gasteiger partial charge in [0.15, 0.2) is 28.8 Å². The van der Waals surface area contributed by atoms with Crippen LogP contribution in [0.25, 0.3) is 12.2 Å². The van der Waals surface area contributed by atoms with Gasteiger partial charge < -0.3 is 24.1 Å². The molecule has 1 atom stereocenters. The molecular weight excluding hydrogens is 408 g/mol. The molecule has 0 saturated heterocycles. The second-order valence-electron chi connectivity index (χ2n) is 6.94. The van der Waals surface area contributed by atoms with E-state index in [0.717, 1.165) is 11.1 Å². The Balaban J connectivity index is 2.16. The minimum atomic E-state index is -0.534. The average molecular weight is 439 g/mol. The van der Waals surface area contributed by atoms with E-state index in [4.69, 9.17) is 18.9 Å². The first-order valence-electron chi connectivity index (χ1n) is 10.1. The Bertz CT molecular complexity index is 912. The summed E-state index contributed by atoms with van der Waals surface area (Å²) in [5.74, 6) is 1.76. The fourth-order valence-corrected chi connectivity index (χ4v) is 3.17. The fraction of sp³-hybridized carbons (Fsp3) is 0.269. The minimum Gasteiger partial charge on any atom is -0.493 e. The molecule has 2 rings (SSSR count). The SMILES string of the molecule is C=C(/C=C/c1ccc(OC)c(OC)c1)C(CCO)C(=O)/C=C/c1ccc(OC)c(OC)c1. The molecule has 0 aromatic heterocycles. The van der Waals surface area contributed by atoms with Crippen molar-refractivity contribution < 1.29 is 28.8 Å². The summed E-state index contributed by atoms with van der Waals surface area (Å²) in [6, 6.07) is 10.9. The van der Waals surface area contributed by atoms with Crippen LogP contribution in [0, 0.1) is 5.92 Å². The summed E-state index contributed by atoms with van der Waals surface area (Å²) >= 11 is 0. The first-order valence-corrected chi connectivity index (χ1v) is 10.1. The molecule has 0 aliphatic heterocycles. The van der Waals surface area contributed by atoms with Gasteiger partial charge >= 0.3 is 0 Å². The zero-order valence-electron chi connectivity index (χ0n) is 19.0. The first-order chi connectivity index (χ1) is 15.5. The summed E-state index contributed by atoms with van der Waals surface area (Å²) in [6.45, 7) is 3.92. The maximum Gasteiger partial charge on any atom is 0.163 e. The Kier molecular flexibility index (Phi) is 9.57. The molecule has 0 bridgehead atoms. The number of allylic oxidation sites excluding steroid dienone is 3. The predicted molar refractivity (Wildman–Crippen MR) is 126 cm³/mol. The molecule has 1 N–H and O–H groups in total. The third kappa shape index (κ3) is 6.49. The molecule has 170 valence electrons. The topological polar surface area (TPSA) is 74.2 Å². The fourth-order valence-electron chi connectivity index (χ4n) is 3.17. The zero-order chi connectivity index (χ0) is 23.5. The number of aliphatic hydroxyl groups is 1. The van der Waals surface area contributed by atoms with E-state index in [9.17, 15) is 9.90 Å². The predicted octanol–water partition coefficient (Wildman–Crippen LogP) is 4.57. The molecule has 2 aromatic rings. The van der Waals surface area contributed by atoms with Crippen molar-refractivity contribution in [3.63, 3.8) is 0 Å². The number of methoxy groups -OCH3 is 4. The lowest BCUT2D eigenvalue weighted by Gasteiger charge is -2.13. The highest BCUT2D eigenvalue weighted by atomic mass is 16.5. The van der Waals surface area contributed by atoms with Crippen LogP contribution in [0.5, 0.6) is 23.0 Å². The lowest BCUT2D eigenvalue weighted by atomic mass is 9.91. The van der Waals surface area contributed by atoms with E-state index >= 15 is 0 Å². The number of carbonyl (C=O) groups excluding carboxylic acids is 1. The second-order valence-corrected chi connectivity index (χ2v) is 6.94. The van der Waals surface area contributed by atoms with Gasteiger partial charge in [-0.15, -0.1) is 0 Å². The molecule has 0 spiro atoms. The summed E-state index contributed by atoms with van der Waals surface area (Å²) in [5, 5.41) is 9.45. The lowest BCUT2D eigenvalue weighted by Crippen LogP contribution is -2.15. The van der Waals surface area contributed by atoms with Gasteiger partial charge in [-0.05, 0) is 53.5 Å². The lowest BCUT2D eigenvalue weighted by molar-refractivity contribution is -0.117. The molecular formula is C26H30O6. The van der Waals surface area contributed by atoms with E-state index in [1.165, 1.54) is 6.08 Å². The number of hydrogen-bond acceptors (Lipinski definition) is 6. The van der Waals surface area contributed by atoms with E-state index in [1.807, 2.05) is 30.3 Å². The van der Waals surface area contributed by atoms with Crippen LogP contribution in [0.15, 0.2) is 60.7 Å². The molecule has 6 heteroatoms. The quantitative estimate of drug-likeness (QED) is 0.387. The highest BCUT2D eigenvalue weighted by molar-refractivity contribution is 5.97. The van der Waals surface area contributed by atoms with E-state index in [2.05, 4.69) is 6.58 Å². The Morgan fingerprint density at radius 3 is 1.75 bits per heavy atom. The molecule has 6 nitrogen and oxygen atoms in total. The summed E-state index contributed by atoms with van der Waals surface area (Å²) < 4.78 is 21.1. The maximum absolute atomic E-state index is 12.8. The number of ketones is 1. The smallest absolute Gasteiger partial charge is 0.163 e. The molecule has 1 unspecified atom stereocenters. The molecule has 0 fully saturated rings. The van der Waals surface area contributed by atoms with E-state index in [1.54, 1.807) is 52.7 Å². The van der Waals surface area contributed by atoms with Gasteiger partial charge in [0, 0.05) is 12.5 Å².